The summed E-state index contributed by atoms with van der Waals surface area (Å²) in [6.07, 6.45) is 2.10. The van der Waals surface area contributed by atoms with Gasteiger partial charge in [-0.25, -0.2) is 0 Å². The van der Waals surface area contributed by atoms with Gasteiger partial charge < -0.3 is 10.8 Å². The summed E-state index contributed by atoms with van der Waals surface area (Å²) >= 11 is 0. The first kappa shape index (κ1) is 13.6. The van der Waals surface area contributed by atoms with Crippen LogP contribution in [0.2, 0.25) is 0 Å². The summed E-state index contributed by atoms with van der Waals surface area (Å²) in [7, 11) is 0. The van der Waals surface area contributed by atoms with Crippen LogP contribution in [-0.4, -0.2) is 35.7 Å². The monoisotopic (exact) mass is 270 g/mol. The van der Waals surface area contributed by atoms with Crippen LogP contribution < -0.4 is 5.73 Å². The van der Waals surface area contributed by atoms with Crippen LogP contribution in [0.5, 0.6) is 0 Å². The molecular weight excluding hydrogens is 248 g/mol. The fraction of sp³-hybridized carbons (Fsp3) is 0.529. The van der Waals surface area contributed by atoms with Gasteiger partial charge in [-0.05, 0) is 36.5 Å². The highest BCUT2D eigenvalue weighted by Crippen LogP contribution is 2.38. The van der Waals surface area contributed by atoms with Gasteiger partial charge in [0.15, 0.2) is 0 Å². The minimum absolute atomic E-state index is 0.0771. The normalized spacial score (nSPS) is 29.0. The summed E-state index contributed by atoms with van der Waals surface area (Å²) in [5.41, 5.74) is 7.74. The Morgan fingerprint density at radius 3 is 3.00 bits per heavy atom. The molecule has 106 valence electrons. The van der Waals surface area contributed by atoms with Crippen molar-refractivity contribution in [3.8, 4) is 11.8 Å². The van der Waals surface area contributed by atoms with Crippen molar-refractivity contribution in [1.82, 2.24) is 4.90 Å². The quantitative estimate of drug-likeness (QED) is 0.794. The number of likely N-dealkylation sites (tertiary alicyclic amines) is 1. The number of hydrogen-bond acceptors (Lipinski definition) is 3. The maximum atomic E-state index is 9.97. The summed E-state index contributed by atoms with van der Waals surface area (Å²) in [5, 5.41) is 9.97. The Hall–Kier alpha value is -1.34. The van der Waals surface area contributed by atoms with E-state index in [1.54, 1.807) is 0 Å². The van der Waals surface area contributed by atoms with Crippen molar-refractivity contribution in [2.75, 3.05) is 19.6 Å². The van der Waals surface area contributed by atoms with Crippen molar-refractivity contribution in [3.05, 3.63) is 35.4 Å². The van der Waals surface area contributed by atoms with Gasteiger partial charge in [-0.2, -0.15) is 0 Å². The average Bonchev–Trinajstić information content (AvgIpc) is 2.99. The molecule has 0 bridgehead atoms. The smallest absolute Gasteiger partial charge is 0.0583 e. The molecule has 1 aliphatic heterocycles. The maximum absolute atomic E-state index is 9.97. The van der Waals surface area contributed by atoms with Crippen LogP contribution in [0.15, 0.2) is 24.3 Å². The van der Waals surface area contributed by atoms with E-state index in [-0.39, 0.29) is 6.10 Å². The number of nitrogens with zero attached hydrogens (tertiary/aromatic N) is 1. The second-order valence-corrected chi connectivity index (χ2v) is 5.97. The van der Waals surface area contributed by atoms with Crippen molar-refractivity contribution >= 4 is 0 Å². The molecule has 1 saturated carbocycles. The standard InChI is InChI=1S/C17H22N2O/c18-8-2-5-13-3-1-4-14(9-13)10-19-11-15-6-7-17(20)16(15)12-19/h1,3-4,9,15-17,20H,6-8,10-12,18H2. The molecule has 3 atom stereocenters. The predicted molar refractivity (Wildman–Crippen MR) is 79.9 cm³/mol. The second-order valence-electron chi connectivity index (χ2n) is 5.97. The van der Waals surface area contributed by atoms with E-state index in [9.17, 15) is 5.11 Å². The van der Waals surface area contributed by atoms with E-state index in [0.717, 1.165) is 31.6 Å². The van der Waals surface area contributed by atoms with E-state index in [1.165, 1.54) is 12.0 Å². The van der Waals surface area contributed by atoms with Crippen LogP contribution in [0.25, 0.3) is 0 Å². The third-order valence-corrected chi connectivity index (χ3v) is 4.56. The molecule has 3 nitrogen and oxygen atoms in total. The summed E-state index contributed by atoms with van der Waals surface area (Å²) in [6.45, 7) is 3.51. The van der Waals surface area contributed by atoms with Crippen LogP contribution in [0.4, 0.5) is 0 Å². The van der Waals surface area contributed by atoms with Crippen LogP contribution in [0.1, 0.15) is 24.0 Å². The summed E-state index contributed by atoms with van der Waals surface area (Å²) in [4.78, 5) is 2.47. The van der Waals surface area contributed by atoms with Crippen molar-refractivity contribution in [2.45, 2.75) is 25.5 Å². The van der Waals surface area contributed by atoms with Gasteiger partial charge in [0.05, 0.1) is 12.6 Å². The molecule has 0 radical (unpaired) electrons. The zero-order valence-corrected chi connectivity index (χ0v) is 11.8. The molecule has 2 aliphatic rings. The Balaban J connectivity index is 1.64. The molecule has 1 heterocycles. The predicted octanol–water partition coefficient (Wildman–Crippen LogP) is 1.20. The summed E-state index contributed by atoms with van der Waals surface area (Å²) < 4.78 is 0. The van der Waals surface area contributed by atoms with Gasteiger partial charge in [0.25, 0.3) is 0 Å². The zero-order valence-electron chi connectivity index (χ0n) is 11.8. The van der Waals surface area contributed by atoms with Crippen LogP contribution in [-0.2, 0) is 6.54 Å². The fourth-order valence-corrected chi connectivity index (χ4v) is 3.62. The second kappa shape index (κ2) is 5.97. The number of fused-ring (bicyclic) bond motifs is 1. The average molecular weight is 270 g/mol. The van der Waals surface area contributed by atoms with Gasteiger partial charge in [0.2, 0.25) is 0 Å². The van der Waals surface area contributed by atoms with Crippen LogP contribution >= 0.6 is 0 Å². The van der Waals surface area contributed by atoms with Gasteiger partial charge in [0.1, 0.15) is 0 Å². The highest BCUT2D eigenvalue weighted by atomic mass is 16.3. The van der Waals surface area contributed by atoms with Crippen molar-refractivity contribution < 1.29 is 5.11 Å². The SMILES string of the molecule is NCC#Cc1cccc(CN2CC3CCC(O)C3C2)c1. The first-order valence-corrected chi connectivity index (χ1v) is 7.44. The molecule has 1 aliphatic carbocycles. The van der Waals surface area contributed by atoms with Crippen molar-refractivity contribution in [1.29, 1.82) is 0 Å². The van der Waals surface area contributed by atoms with Crippen LogP contribution in [0, 0.1) is 23.7 Å². The van der Waals surface area contributed by atoms with Gasteiger partial charge in [-0.15, -0.1) is 0 Å². The molecule has 0 amide bonds. The lowest BCUT2D eigenvalue weighted by molar-refractivity contribution is 0.123. The van der Waals surface area contributed by atoms with E-state index < -0.39 is 0 Å². The molecule has 20 heavy (non-hydrogen) atoms. The molecule has 2 fully saturated rings. The van der Waals surface area contributed by atoms with Crippen molar-refractivity contribution in [3.63, 3.8) is 0 Å². The number of benzene rings is 1. The topological polar surface area (TPSA) is 49.5 Å². The zero-order chi connectivity index (χ0) is 13.9. The van der Waals surface area contributed by atoms with E-state index >= 15 is 0 Å². The Labute approximate surface area is 120 Å². The first-order chi connectivity index (χ1) is 9.76. The molecule has 3 N–H and O–H groups in total. The largest absolute Gasteiger partial charge is 0.393 e. The minimum Gasteiger partial charge on any atom is -0.393 e. The van der Waals surface area contributed by atoms with Crippen LogP contribution in [0.3, 0.4) is 0 Å². The van der Waals surface area contributed by atoms with E-state index in [1.807, 2.05) is 6.07 Å². The molecular formula is C17H22N2O. The van der Waals surface area contributed by atoms with E-state index in [4.69, 9.17) is 5.73 Å². The number of rotatable bonds is 2. The summed E-state index contributed by atoms with van der Waals surface area (Å²) in [5.74, 6) is 7.17. The van der Waals surface area contributed by atoms with Gasteiger partial charge in [0, 0.05) is 31.1 Å². The molecule has 0 aromatic heterocycles. The van der Waals surface area contributed by atoms with Gasteiger partial charge in [-0.1, -0.05) is 24.0 Å². The Morgan fingerprint density at radius 2 is 2.20 bits per heavy atom. The number of hydrogen-bond donors (Lipinski definition) is 2. The number of nitrogens with two attached hydrogens (primary N) is 1. The van der Waals surface area contributed by atoms with Gasteiger partial charge in [-0.3, -0.25) is 4.90 Å². The fourth-order valence-electron chi connectivity index (χ4n) is 3.62. The third kappa shape index (κ3) is 2.88. The lowest BCUT2D eigenvalue weighted by Gasteiger charge is -2.18. The number of aliphatic hydroxyl groups is 1. The molecule has 1 saturated heterocycles. The van der Waals surface area contributed by atoms with Gasteiger partial charge >= 0.3 is 0 Å². The lowest BCUT2D eigenvalue weighted by atomic mass is 10.00. The molecule has 3 heteroatoms. The number of aliphatic hydroxyl groups excluding tert-OH is 1. The van der Waals surface area contributed by atoms with E-state index in [2.05, 4.69) is 34.9 Å². The Kier molecular flexibility index (Phi) is 4.07. The molecule has 3 rings (SSSR count). The Morgan fingerprint density at radius 1 is 1.30 bits per heavy atom. The molecule has 0 spiro atoms. The molecule has 1 aromatic carbocycles. The lowest BCUT2D eigenvalue weighted by Crippen LogP contribution is -2.24. The highest BCUT2D eigenvalue weighted by molar-refractivity contribution is 5.37. The first-order valence-electron chi connectivity index (χ1n) is 7.44. The highest BCUT2D eigenvalue weighted by Gasteiger charge is 2.41. The maximum Gasteiger partial charge on any atom is 0.0583 e. The minimum atomic E-state index is -0.0771. The van der Waals surface area contributed by atoms with Crippen molar-refractivity contribution in [2.24, 2.45) is 17.6 Å². The summed E-state index contributed by atoms with van der Waals surface area (Å²) in [6, 6.07) is 8.38. The third-order valence-electron chi connectivity index (χ3n) is 4.56. The molecule has 1 aromatic rings. The van der Waals surface area contributed by atoms with E-state index in [0.29, 0.717) is 18.4 Å². The Bertz CT molecular complexity index is 531. The molecule has 3 unspecified atom stereocenters.